The number of rotatable bonds is 2. The van der Waals surface area contributed by atoms with E-state index in [0.29, 0.717) is 5.89 Å². The Morgan fingerprint density at radius 3 is 3.00 bits per heavy atom. The van der Waals surface area contributed by atoms with Gasteiger partial charge >= 0.3 is 0 Å². The number of piperazine rings is 1. The lowest BCUT2D eigenvalue weighted by Crippen LogP contribution is -2.44. The fourth-order valence-corrected chi connectivity index (χ4v) is 3.43. The topological polar surface area (TPSA) is 67.1 Å². The van der Waals surface area contributed by atoms with Gasteiger partial charge in [-0.3, -0.25) is 9.88 Å². The highest BCUT2D eigenvalue weighted by Gasteiger charge is 2.26. The summed E-state index contributed by atoms with van der Waals surface area (Å²) in [6.07, 6.45) is 0. The van der Waals surface area contributed by atoms with Gasteiger partial charge in [0.2, 0.25) is 0 Å². The number of benzene rings is 1. The van der Waals surface area contributed by atoms with Gasteiger partial charge in [0.05, 0.1) is 17.1 Å². The van der Waals surface area contributed by atoms with E-state index in [1.165, 1.54) is 0 Å². The molecule has 7 heteroatoms. The van der Waals surface area contributed by atoms with Crippen LogP contribution in [0.3, 0.4) is 0 Å². The maximum atomic E-state index is 5.59. The minimum atomic E-state index is 0.139. The molecule has 1 atom stereocenters. The second-order valence-corrected chi connectivity index (χ2v) is 7.05. The van der Waals surface area contributed by atoms with Crippen molar-refractivity contribution in [2.24, 2.45) is 0 Å². The van der Waals surface area contributed by atoms with Gasteiger partial charge < -0.3 is 9.84 Å². The molecule has 0 radical (unpaired) electrons. The molecule has 0 bridgehead atoms. The van der Waals surface area contributed by atoms with Gasteiger partial charge in [-0.05, 0) is 32.2 Å². The van der Waals surface area contributed by atoms with Crippen molar-refractivity contribution in [3.63, 3.8) is 0 Å². The van der Waals surface area contributed by atoms with E-state index in [1.54, 1.807) is 0 Å². The second-order valence-electron chi connectivity index (χ2n) is 6.13. The molecule has 0 saturated carbocycles. The zero-order valence-electron chi connectivity index (χ0n) is 13.6. The van der Waals surface area contributed by atoms with E-state index >= 15 is 0 Å². The smallest absolute Gasteiger partial charge is 0.258 e. The SMILES string of the molecule is Cc1cc(-c2nc(C3CNCCN3C)no2)c2ccc(Br)cc2n1. The van der Waals surface area contributed by atoms with Crippen LogP contribution in [0.5, 0.6) is 0 Å². The first-order chi connectivity index (χ1) is 11.6. The van der Waals surface area contributed by atoms with Crippen LogP contribution < -0.4 is 5.32 Å². The number of aryl methyl sites for hydroxylation is 1. The maximum absolute atomic E-state index is 5.59. The van der Waals surface area contributed by atoms with Crippen molar-refractivity contribution in [1.29, 1.82) is 0 Å². The summed E-state index contributed by atoms with van der Waals surface area (Å²) in [6.45, 7) is 4.76. The standard InChI is InChI=1S/C17H18BrN5O/c1-10-7-13(12-4-3-11(18)8-14(12)20-10)17-21-16(22-24-17)15-9-19-5-6-23(15)2/h3-4,7-8,15,19H,5-6,9H2,1-2H3. The summed E-state index contributed by atoms with van der Waals surface area (Å²) in [7, 11) is 2.09. The number of hydrogen-bond acceptors (Lipinski definition) is 6. The molecule has 1 aliphatic rings. The second kappa shape index (κ2) is 6.23. The van der Waals surface area contributed by atoms with Crippen LogP contribution in [-0.4, -0.2) is 46.7 Å². The van der Waals surface area contributed by atoms with Gasteiger partial charge in [0.1, 0.15) is 0 Å². The van der Waals surface area contributed by atoms with Crippen molar-refractivity contribution in [1.82, 2.24) is 25.3 Å². The Morgan fingerprint density at radius 1 is 1.29 bits per heavy atom. The molecule has 24 heavy (non-hydrogen) atoms. The van der Waals surface area contributed by atoms with Crippen LogP contribution in [0.25, 0.3) is 22.4 Å². The molecule has 1 N–H and O–H groups in total. The van der Waals surface area contributed by atoms with Crippen molar-refractivity contribution < 1.29 is 4.52 Å². The largest absolute Gasteiger partial charge is 0.334 e. The number of halogens is 1. The molecule has 6 nitrogen and oxygen atoms in total. The third-order valence-electron chi connectivity index (χ3n) is 4.38. The number of hydrogen-bond donors (Lipinski definition) is 1. The highest BCUT2D eigenvalue weighted by Crippen LogP contribution is 2.30. The van der Waals surface area contributed by atoms with Crippen LogP contribution in [0.1, 0.15) is 17.6 Å². The van der Waals surface area contributed by atoms with Crippen LogP contribution >= 0.6 is 15.9 Å². The third kappa shape index (κ3) is 2.83. The first-order valence-electron chi connectivity index (χ1n) is 7.93. The van der Waals surface area contributed by atoms with Crippen molar-refractivity contribution in [3.05, 3.63) is 40.3 Å². The summed E-state index contributed by atoms with van der Waals surface area (Å²) in [5.41, 5.74) is 2.76. The lowest BCUT2D eigenvalue weighted by atomic mass is 10.1. The van der Waals surface area contributed by atoms with Gasteiger partial charge in [-0.15, -0.1) is 0 Å². The Hall–Kier alpha value is -1.83. The van der Waals surface area contributed by atoms with Crippen LogP contribution in [0.2, 0.25) is 0 Å². The summed E-state index contributed by atoms with van der Waals surface area (Å²) in [5.74, 6) is 1.27. The van der Waals surface area contributed by atoms with Crippen molar-refractivity contribution >= 4 is 26.8 Å². The molecule has 1 aromatic carbocycles. The Labute approximate surface area is 148 Å². The van der Waals surface area contributed by atoms with E-state index < -0.39 is 0 Å². The molecule has 2 aromatic heterocycles. The van der Waals surface area contributed by atoms with E-state index in [2.05, 4.69) is 48.3 Å². The average molecular weight is 388 g/mol. The molecule has 0 aliphatic carbocycles. The average Bonchev–Trinajstić information content (AvgIpc) is 3.03. The zero-order chi connectivity index (χ0) is 16.7. The maximum Gasteiger partial charge on any atom is 0.258 e. The summed E-state index contributed by atoms with van der Waals surface area (Å²) in [4.78, 5) is 11.5. The Balaban J connectivity index is 1.78. The van der Waals surface area contributed by atoms with Gasteiger partial charge in [0, 0.05) is 35.2 Å². The minimum absolute atomic E-state index is 0.139. The van der Waals surface area contributed by atoms with Gasteiger partial charge in [-0.25, -0.2) is 0 Å². The van der Waals surface area contributed by atoms with Crippen molar-refractivity contribution in [2.75, 3.05) is 26.7 Å². The number of nitrogens with zero attached hydrogens (tertiary/aromatic N) is 4. The highest BCUT2D eigenvalue weighted by molar-refractivity contribution is 9.10. The normalized spacial score (nSPS) is 19.0. The van der Waals surface area contributed by atoms with Gasteiger partial charge in [0.25, 0.3) is 5.89 Å². The molecule has 3 aromatic rings. The number of aromatic nitrogens is 3. The molecular formula is C17H18BrN5O. The number of nitrogens with one attached hydrogen (secondary N) is 1. The molecular weight excluding hydrogens is 370 g/mol. The van der Waals surface area contributed by atoms with Gasteiger partial charge in [0.15, 0.2) is 5.82 Å². The number of likely N-dealkylation sites (N-methyl/N-ethyl adjacent to an activating group) is 1. The molecule has 124 valence electrons. The molecule has 1 aliphatic heterocycles. The molecule has 3 heterocycles. The van der Waals surface area contributed by atoms with Crippen LogP contribution in [0, 0.1) is 6.92 Å². The van der Waals surface area contributed by atoms with E-state index in [4.69, 9.17) is 4.52 Å². The van der Waals surface area contributed by atoms with Gasteiger partial charge in [-0.1, -0.05) is 27.2 Å². The first-order valence-corrected chi connectivity index (χ1v) is 8.73. The van der Waals surface area contributed by atoms with E-state index in [-0.39, 0.29) is 6.04 Å². The Kier molecular flexibility index (Phi) is 4.07. The number of fused-ring (bicyclic) bond motifs is 1. The molecule has 0 amide bonds. The van der Waals surface area contributed by atoms with Crippen LogP contribution in [-0.2, 0) is 0 Å². The van der Waals surface area contributed by atoms with Crippen LogP contribution in [0.15, 0.2) is 33.3 Å². The lowest BCUT2D eigenvalue weighted by molar-refractivity contribution is 0.190. The zero-order valence-corrected chi connectivity index (χ0v) is 15.2. The quantitative estimate of drug-likeness (QED) is 0.728. The highest BCUT2D eigenvalue weighted by atomic mass is 79.9. The summed E-state index contributed by atoms with van der Waals surface area (Å²) in [6, 6.07) is 8.16. The number of pyridine rings is 1. The van der Waals surface area contributed by atoms with E-state index in [1.807, 2.05) is 31.2 Å². The molecule has 1 fully saturated rings. The predicted octanol–water partition coefficient (Wildman–Crippen LogP) is 2.93. The molecule has 1 saturated heterocycles. The minimum Gasteiger partial charge on any atom is -0.334 e. The molecule has 0 spiro atoms. The monoisotopic (exact) mass is 387 g/mol. The van der Waals surface area contributed by atoms with Crippen molar-refractivity contribution in [2.45, 2.75) is 13.0 Å². The first kappa shape index (κ1) is 15.7. The molecule has 4 rings (SSSR count). The van der Waals surface area contributed by atoms with E-state index in [9.17, 15) is 0 Å². The predicted molar refractivity (Wildman–Crippen MR) is 95.7 cm³/mol. The van der Waals surface area contributed by atoms with Gasteiger partial charge in [-0.2, -0.15) is 4.98 Å². The third-order valence-corrected chi connectivity index (χ3v) is 4.87. The summed E-state index contributed by atoms with van der Waals surface area (Å²) < 4.78 is 6.59. The lowest BCUT2D eigenvalue weighted by Gasteiger charge is -2.30. The fraction of sp³-hybridized carbons (Fsp3) is 0.353. The van der Waals surface area contributed by atoms with Crippen molar-refractivity contribution in [3.8, 4) is 11.5 Å². The Morgan fingerprint density at radius 2 is 2.17 bits per heavy atom. The fourth-order valence-electron chi connectivity index (χ4n) is 3.08. The summed E-state index contributed by atoms with van der Waals surface area (Å²) >= 11 is 3.50. The van der Waals surface area contributed by atoms with Crippen LogP contribution in [0.4, 0.5) is 0 Å². The van der Waals surface area contributed by atoms with E-state index in [0.717, 1.165) is 52.1 Å². The Bertz CT molecular complexity index is 889. The summed E-state index contributed by atoms with van der Waals surface area (Å²) in [5, 5.41) is 8.61. The molecule has 1 unspecified atom stereocenters.